The Morgan fingerprint density at radius 2 is 2.18 bits per heavy atom. The smallest absolute Gasteiger partial charge is 0.355 e. The van der Waals surface area contributed by atoms with Crippen LogP contribution in [0.1, 0.15) is 6.42 Å². The molecule has 1 saturated heterocycles. The van der Waals surface area contributed by atoms with Crippen LogP contribution in [0.5, 0.6) is 0 Å². The summed E-state index contributed by atoms with van der Waals surface area (Å²) in [6, 6.07) is 3.26. The maximum atomic E-state index is 11.7. The summed E-state index contributed by atoms with van der Waals surface area (Å²) in [5, 5.41) is 0.845. The predicted octanol–water partition coefficient (Wildman–Crippen LogP) is 0.821. The number of aromatic nitrogens is 3. The van der Waals surface area contributed by atoms with Crippen LogP contribution in [0.3, 0.4) is 0 Å². The van der Waals surface area contributed by atoms with Gasteiger partial charge >= 0.3 is 8.25 Å². The van der Waals surface area contributed by atoms with Crippen LogP contribution in [0, 0.1) is 5.92 Å². The molecule has 8 nitrogen and oxygen atoms in total. The predicted molar refractivity (Wildman–Crippen MR) is 80.9 cm³/mol. The molecule has 1 fully saturated rings. The third-order valence-corrected chi connectivity index (χ3v) is 4.27. The first-order valence-corrected chi connectivity index (χ1v) is 8.04. The zero-order chi connectivity index (χ0) is 15.7. The van der Waals surface area contributed by atoms with E-state index in [0.717, 1.165) is 30.7 Å². The summed E-state index contributed by atoms with van der Waals surface area (Å²) in [6.07, 6.45) is 2.20. The molecule has 1 aliphatic rings. The Morgan fingerprint density at radius 3 is 2.91 bits per heavy atom. The number of rotatable bonds is 5. The summed E-state index contributed by atoms with van der Waals surface area (Å²) >= 11 is 0. The Kier molecular flexibility index (Phi) is 4.15. The Morgan fingerprint density at radius 1 is 1.41 bits per heavy atom. The van der Waals surface area contributed by atoms with Gasteiger partial charge in [-0.2, -0.15) is 0 Å². The van der Waals surface area contributed by atoms with Gasteiger partial charge in [0.15, 0.2) is 0 Å². The molecule has 9 heteroatoms. The normalized spacial score (nSPS) is 15.9. The Labute approximate surface area is 127 Å². The maximum absolute atomic E-state index is 11.7. The highest BCUT2D eigenvalue weighted by Gasteiger charge is 2.30. The van der Waals surface area contributed by atoms with Crippen molar-refractivity contribution in [1.82, 2.24) is 14.5 Å². The van der Waals surface area contributed by atoms with Gasteiger partial charge in [0.25, 0.3) is 5.56 Å². The second-order valence-corrected chi connectivity index (χ2v) is 6.03. The van der Waals surface area contributed by atoms with Gasteiger partial charge in [-0.3, -0.25) is 9.36 Å². The van der Waals surface area contributed by atoms with Gasteiger partial charge < -0.3 is 4.90 Å². The van der Waals surface area contributed by atoms with E-state index in [4.69, 9.17) is 4.89 Å². The molecular weight excluding hydrogens is 307 g/mol. The lowest BCUT2D eigenvalue weighted by atomic mass is 9.96. The summed E-state index contributed by atoms with van der Waals surface area (Å²) < 4.78 is 16.6. The number of fused-ring (bicyclic) bond motifs is 1. The lowest BCUT2D eigenvalue weighted by Gasteiger charge is -2.40. The molecular formula is C13H16N4O4P+. The molecule has 0 bridgehead atoms. The third kappa shape index (κ3) is 2.85. The number of hydrogen-bond donors (Lipinski definition) is 1. The van der Waals surface area contributed by atoms with Crippen LogP contribution >= 0.6 is 8.25 Å². The molecule has 1 unspecified atom stereocenters. The standard InChI is InChI=1S/C13H15N4O4P/c1-16-11(18)3-2-10-12(16)14-8-15-13(10)17-6-9(7-17)4-5-21-22(19)20/h2-3,8-9H,4-7H2,1H3/p+1. The van der Waals surface area contributed by atoms with Crippen LogP contribution in [0.25, 0.3) is 11.0 Å². The fourth-order valence-corrected chi connectivity index (χ4v) is 2.90. The molecule has 0 radical (unpaired) electrons. The van der Waals surface area contributed by atoms with Crippen molar-refractivity contribution in [2.75, 3.05) is 24.6 Å². The molecule has 116 valence electrons. The third-order valence-electron chi connectivity index (χ3n) is 3.87. The highest BCUT2D eigenvalue weighted by atomic mass is 31.1. The van der Waals surface area contributed by atoms with Crippen molar-refractivity contribution in [2.24, 2.45) is 13.0 Å². The molecule has 0 aromatic carbocycles. The molecule has 0 amide bonds. The Balaban J connectivity index is 1.72. The summed E-state index contributed by atoms with van der Waals surface area (Å²) in [5.74, 6) is 1.22. The van der Waals surface area contributed by atoms with Crippen molar-refractivity contribution in [3.8, 4) is 0 Å². The van der Waals surface area contributed by atoms with Gasteiger partial charge in [-0.15, -0.1) is 9.42 Å². The summed E-state index contributed by atoms with van der Waals surface area (Å²) in [5.41, 5.74) is 0.510. The minimum Gasteiger partial charge on any atom is -0.355 e. The highest BCUT2D eigenvalue weighted by molar-refractivity contribution is 7.32. The lowest BCUT2D eigenvalue weighted by Crippen LogP contribution is -2.47. The topological polar surface area (TPSA) is 97.5 Å². The number of nitrogens with zero attached hydrogens (tertiary/aromatic N) is 4. The second-order valence-electron chi connectivity index (χ2n) is 5.30. The van der Waals surface area contributed by atoms with E-state index in [2.05, 4.69) is 19.4 Å². The van der Waals surface area contributed by atoms with Gasteiger partial charge in [-0.25, -0.2) is 9.97 Å². The highest BCUT2D eigenvalue weighted by Crippen LogP contribution is 2.30. The van der Waals surface area contributed by atoms with Crippen molar-refractivity contribution in [3.63, 3.8) is 0 Å². The Bertz CT molecular complexity index is 772. The lowest BCUT2D eigenvalue weighted by molar-refractivity contribution is 0.240. The van der Waals surface area contributed by atoms with Crippen molar-refractivity contribution < 1.29 is 14.0 Å². The monoisotopic (exact) mass is 323 g/mol. The van der Waals surface area contributed by atoms with Crippen molar-refractivity contribution in [3.05, 3.63) is 28.8 Å². The first-order valence-electron chi connectivity index (χ1n) is 6.91. The van der Waals surface area contributed by atoms with E-state index in [1.165, 1.54) is 17.0 Å². The quantitative estimate of drug-likeness (QED) is 0.814. The van der Waals surface area contributed by atoms with E-state index in [-0.39, 0.29) is 12.2 Å². The molecule has 2 aromatic rings. The minimum atomic E-state index is -2.51. The summed E-state index contributed by atoms with van der Waals surface area (Å²) in [7, 11) is -0.826. The van der Waals surface area contributed by atoms with Gasteiger partial charge in [0.2, 0.25) is 0 Å². The van der Waals surface area contributed by atoms with Crippen molar-refractivity contribution in [2.45, 2.75) is 6.42 Å². The Hall–Kier alpha value is -1.89. The molecule has 2 aromatic heterocycles. The summed E-state index contributed by atoms with van der Waals surface area (Å²) in [4.78, 5) is 30.8. The van der Waals surface area contributed by atoms with E-state index in [9.17, 15) is 9.36 Å². The van der Waals surface area contributed by atoms with Gasteiger partial charge in [0.1, 0.15) is 24.4 Å². The van der Waals surface area contributed by atoms with Gasteiger partial charge in [-0.05, 0) is 18.4 Å². The zero-order valence-electron chi connectivity index (χ0n) is 12.0. The van der Waals surface area contributed by atoms with Crippen LogP contribution in [0.2, 0.25) is 0 Å². The van der Waals surface area contributed by atoms with Crippen molar-refractivity contribution in [1.29, 1.82) is 0 Å². The van der Waals surface area contributed by atoms with Gasteiger partial charge in [-0.1, -0.05) is 0 Å². The van der Waals surface area contributed by atoms with Gasteiger partial charge in [0, 0.05) is 30.8 Å². The average molecular weight is 323 g/mol. The SMILES string of the molecule is Cn1c(=O)ccc2c(N3CC(CCO[P+](=O)O)C3)ncnc21. The molecule has 1 aliphatic heterocycles. The second kappa shape index (κ2) is 6.08. The van der Waals surface area contributed by atoms with Crippen molar-refractivity contribution >= 4 is 25.1 Å². The van der Waals surface area contributed by atoms with E-state index in [1.54, 1.807) is 13.1 Å². The largest absolute Gasteiger partial charge is 0.694 e. The fourth-order valence-electron chi connectivity index (χ4n) is 2.64. The van der Waals surface area contributed by atoms with Crippen LogP contribution in [-0.4, -0.2) is 39.1 Å². The molecule has 3 rings (SSSR count). The fraction of sp³-hybridized carbons (Fsp3) is 0.462. The molecule has 1 atom stereocenters. The molecule has 0 aliphatic carbocycles. The number of aryl methyl sites for hydroxylation is 1. The zero-order valence-corrected chi connectivity index (χ0v) is 12.9. The van der Waals surface area contributed by atoms with Crippen LogP contribution in [-0.2, 0) is 16.1 Å². The van der Waals surface area contributed by atoms with Crippen LogP contribution < -0.4 is 10.5 Å². The minimum absolute atomic E-state index is 0.103. The first kappa shape index (κ1) is 15.0. The number of pyridine rings is 1. The maximum Gasteiger partial charge on any atom is 0.694 e. The van der Waals surface area contributed by atoms with E-state index in [0.29, 0.717) is 11.6 Å². The molecule has 0 saturated carbocycles. The number of hydrogen-bond acceptors (Lipinski definition) is 6. The van der Waals surface area contributed by atoms with E-state index < -0.39 is 8.25 Å². The van der Waals surface area contributed by atoms with Crippen LogP contribution in [0.4, 0.5) is 5.82 Å². The van der Waals surface area contributed by atoms with E-state index in [1.807, 2.05) is 0 Å². The first-order chi connectivity index (χ1) is 10.6. The van der Waals surface area contributed by atoms with Gasteiger partial charge in [0.05, 0.1) is 5.39 Å². The average Bonchev–Trinajstić information content (AvgIpc) is 2.45. The summed E-state index contributed by atoms with van der Waals surface area (Å²) in [6.45, 7) is 1.89. The number of anilines is 1. The molecule has 1 N–H and O–H groups in total. The molecule has 22 heavy (non-hydrogen) atoms. The molecule has 3 heterocycles. The van der Waals surface area contributed by atoms with E-state index >= 15 is 0 Å². The molecule has 0 spiro atoms. The van der Waals surface area contributed by atoms with Crippen LogP contribution in [0.15, 0.2) is 23.3 Å².